The minimum absolute atomic E-state index is 0.141. The molecule has 23 heavy (non-hydrogen) atoms. The van der Waals surface area contributed by atoms with Gasteiger partial charge in [0.1, 0.15) is 11.6 Å². The Bertz CT molecular complexity index is 694. The number of sulfonamides is 1. The molecule has 0 aliphatic carbocycles. The van der Waals surface area contributed by atoms with Crippen molar-refractivity contribution in [2.45, 2.75) is 6.04 Å². The third-order valence-electron chi connectivity index (χ3n) is 3.67. The summed E-state index contributed by atoms with van der Waals surface area (Å²) in [5.41, 5.74) is -0.299. The number of ether oxygens (including phenoxy) is 1. The number of hydrogen-bond acceptors (Lipinski definition) is 4. The van der Waals surface area contributed by atoms with E-state index in [0.29, 0.717) is 6.07 Å². The van der Waals surface area contributed by atoms with E-state index in [9.17, 15) is 22.0 Å². The molecule has 1 fully saturated rings. The molecule has 1 aromatic rings. The third-order valence-corrected chi connectivity index (χ3v) is 5.63. The summed E-state index contributed by atoms with van der Waals surface area (Å²) in [7, 11) is -0.604. The van der Waals surface area contributed by atoms with Gasteiger partial charge in [-0.05, 0) is 12.1 Å². The maximum Gasteiger partial charge on any atom is 0.254 e. The van der Waals surface area contributed by atoms with Crippen molar-refractivity contribution in [2.24, 2.45) is 5.92 Å². The van der Waals surface area contributed by atoms with Crippen LogP contribution < -0.4 is 5.32 Å². The van der Waals surface area contributed by atoms with Crippen LogP contribution in [-0.4, -0.2) is 57.7 Å². The molecule has 6 nitrogen and oxygen atoms in total. The number of hydrogen-bond donors (Lipinski definition) is 1. The fourth-order valence-electron chi connectivity index (χ4n) is 2.26. The Balaban J connectivity index is 2.08. The van der Waals surface area contributed by atoms with Crippen molar-refractivity contribution in [3.63, 3.8) is 0 Å². The highest BCUT2D eigenvalue weighted by Crippen LogP contribution is 2.18. The molecule has 0 radical (unpaired) electrons. The first-order valence-corrected chi connectivity index (χ1v) is 8.55. The zero-order chi connectivity index (χ0) is 17.2. The molecule has 1 aromatic carbocycles. The van der Waals surface area contributed by atoms with E-state index in [4.69, 9.17) is 4.74 Å². The second kappa shape index (κ2) is 6.90. The Morgan fingerprint density at radius 3 is 2.65 bits per heavy atom. The molecule has 0 spiro atoms. The summed E-state index contributed by atoms with van der Waals surface area (Å²) >= 11 is 0. The van der Waals surface area contributed by atoms with Gasteiger partial charge in [0, 0.05) is 26.1 Å². The average molecular weight is 348 g/mol. The van der Waals surface area contributed by atoms with Gasteiger partial charge in [-0.2, -0.15) is 0 Å². The minimum atomic E-state index is -3.45. The van der Waals surface area contributed by atoms with Crippen molar-refractivity contribution in [2.75, 3.05) is 33.1 Å². The lowest BCUT2D eigenvalue weighted by Crippen LogP contribution is -2.43. The lowest BCUT2D eigenvalue weighted by Gasteiger charge is -2.21. The number of rotatable bonds is 5. The summed E-state index contributed by atoms with van der Waals surface area (Å²) in [5.74, 6) is -3.10. The molecule has 1 heterocycles. The summed E-state index contributed by atoms with van der Waals surface area (Å²) in [5, 5.41) is 2.56. The van der Waals surface area contributed by atoms with Crippen LogP contribution in [0.2, 0.25) is 0 Å². The number of halogens is 2. The zero-order valence-corrected chi connectivity index (χ0v) is 13.6. The molecule has 1 N–H and O–H groups in total. The van der Waals surface area contributed by atoms with Gasteiger partial charge in [0.05, 0.1) is 30.6 Å². The Kier molecular flexibility index (Phi) is 5.33. The quantitative estimate of drug-likeness (QED) is 0.846. The molecule has 2 atom stereocenters. The number of carbonyl (C=O) groups is 1. The van der Waals surface area contributed by atoms with Gasteiger partial charge in [0.25, 0.3) is 5.91 Å². The van der Waals surface area contributed by atoms with Crippen molar-refractivity contribution in [3.8, 4) is 0 Å². The summed E-state index contributed by atoms with van der Waals surface area (Å²) in [6.07, 6.45) is 0. The Morgan fingerprint density at radius 2 is 2.04 bits per heavy atom. The number of amides is 1. The van der Waals surface area contributed by atoms with Gasteiger partial charge in [-0.15, -0.1) is 0 Å². The number of nitrogens with zero attached hydrogens (tertiary/aromatic N) is 1. The van der Waals surface area contributed by atoms with Crippen LogP contribution in [-0.2, 0) is 14.8 Å². The maximum absolute atomic E-state index is 13.6. The predicted octanol–water partition coefficient (Wildman–Crippen LogP) is 0.601. The molecule has 1 amide bonds. The molecule has 0 bridgehead atoms. The predicted molar refractivity (Wildman–Crippen MR) is 79.4 cm³/mol. The van der Waals surface area contributed by atoms with E-state index in [1.54, 1.807) is 0 Å². The fourth-order valence-corrected chi connectivity index (χ4v) is 3.43. The Morgan fingerprint density at radius 1 is 1.35 bits per heavy atom. The van der Waals surface area contributed by atoms with Gasteiger partial charge in [-0.25, -0.2) is 21.5 Å². The highest BCUT2D eigenvalue weighted by Gasteiger charge is 2.34. The Hall–Kier alpha value is -1.58. The van der Waals surface area contributed by atoms with Crippen molar-refractivity contribution in [1.29, 1.82) is 0 Å². The number of carbonyl (C=O) groups excluding carboxylic acids is 1. The Labute approximate surface area is 133 Å². The van der Waals surface area contributed by atoms with Crippen LogP contribution in [0, 0.1) is 17.6 Å². The highest BCUT2D eigenvalue weighted by molar-refractivity contribution is 7.89. The molecule has 1 aliphatic heterocycles. The van der Waals surface area contributed by atoms with E-state index in [1.165, 1.54) is 14.1 Å². The van der Waals surface area contributed by atoms with Crippen LogP contribution in [0.5, 0.6) is 0 Å². The molecule has 9 heteroatoms. The van der Waals surface area contributed by atoms with Crippen molar-refractivity contribution in [1.82, 2.24) is 9.62 Å². The lowest BCUT2D eigenvalue weighted by molar-refractivity contribution is 0.0922. The van der Waals surface area contributed by atoms with Crippen LogP contribution >= 0.6 is 0 Å². The van der Waals surface area contributed by atoms with Gasteiger partial charge >= 0.3 is 0 Å². The molecule has 128 valence electrons. The topological polar surface area (TPSA) is 75.7 Å². The van der Waals surface area contributed by atoms with Gasteiger partial charge < -0.3 is 10.1 Å². The van der Waals surface area contributed by atoms with Gasteiger partial charge in [-0.1, -0.05) is 0 Å². The van der Waals surface area contributed by atoms with Crippen molar-refractivity contribution < 1.29 is 26.7 Å². The third kappa shape index (κ3) is 4.24. The van der Waals surface area contributed by atoms with Gasteiger partial charge in [0.15, 0.2) is 0 Å². The molecule has 1 saturated heterocycles. The molecule has 2 rings (SSSR count). The summed E-state index contributed by atoms with van der Waals surface area (Å²) in [4.78, 5) is 12.1. The standard InChI is InChI=1S/C14H18F2N2O4S/c1-18(2)23(20,21)8-9-6-22-7-13(9)17-14(19)11-4-3-10(15)5-12(11)16/h3-5,9,13H,6-8H2,1-2H3,(H,17,19)/t9-,13+/m0/s1. The first kappa shape index (κ1) is 17.8. The fraction of sp³-hybridized carbons (Fsp3) is 0.500. The van der Waals surface area contributed by atoms with Crippen molar-refractivity contribution >= 4 is 15.9 Å². The van der Waals surface area contributed by atoms with E-state index in [0.717, 1.165) is 16.4 Å². The summed E-state index contributed by atoms with van der Waals surface area (Å²) in [6, 6.07) is 2.09. The molecule has 1 aliphatic rings. The van der Waals surface area contributed by atoms with Gasteiger partial charge in [-0.3, -0.25) is 4.79 Å². The van der Waals surface area contributed by atoms with E-state index < -0.39 is 39.5 Å². The summed E-state index contributed by atoms with van der Waals surface area (Å²) < 4.78 is 56.7. The van der Waals surface area contributed by atoms with E-state index in [1.807, 2.05) is 0 Å². The first-order valence-electron chi connectivity index (χ1n) is 6.94. The molecular weight excluding hydrogens is 330 g/mol. The van der Waals surface area contributed by atoms with Crippen LogP contribution in [0.4, 0.5) is 8.78 Å². The van der Waals surface area contributed by atoms with Crippen LogP contribution in [0.1, 0.15) is 10.4 Å². The smallest absolute Gasteiger partial charge is 0.254 e. The van der Waals surface area contributed by atoms with E-state index in [2.05, 4.69) is 5.32 Å². The largest absolute Gasteiger partial charge is 0.379 e. The normalized spacial score (nSPS) is 21.6. The number of benzene rings is 1. The average Bonchev–Trinajstić information content (AvgIpc) is 2.84. The highest BCUT2D eigenvalue weighted by atomic mass is 32.2. The lowest BCUT2D eigenvalue weighted by atomic mass is 10.1. The molecule has 0 saturated carbocycles. The van der Waals surface area contributed by atoms with Crippen molar-refractivity contribution in [3.05, 3.63) is 35.4 Å². The summed E-state index contributed by atoms with van der Waals surface area (Å²) in [6.45, 7) is 0.325. The van der Waals surface area contributed by atoms with Gasteiger partial charge in [0.2, 0.25) is 10.0 Å². The maximum atomic E-state index is 13.6. The van der Waals surface area contributed by atoms with E-state index in [-0.39, 0.29) is 24.5 Å². The number of nitrogens with one attached hydrogen (secondary N) is 1. The monoisotopic (exact) mass is 348 g/mol. The second-order valence-electron chi connectivity index (χ2n) is 5.56. The minimum Gasteiger partial charge on any atom is -0.379 e. The molecular formula is C14H18F2N2O4S. The van der Waals surface area contributed by atoms with Crippen LogP contribution in [0.15, 0.2) is 18.2 Å². The molecule has 0 unspecified atom stereocenters. The second-order valence-corrected chi connectivity index (χ2v) is 7.79. The van der Waals surface area contributed by atoms with Crippen LogP contribution in [0.25, 0.3) is 0 Å². The van der Waals surface area contributed by atoms with Crippen LogP contribution in [0.3, 0.4) is 0 Å². The first-order chi connectivity index (χ1) is 10.7. The van der Waals surface area contributed by atoms with E-state index >= 15 is 0 Å². The molecule has 0 aromatic heterocycles. The zero-order valence-electron chi connectivity index (χ0n) is 12.8. The SMILES string of the molecule is CN(C)S(=O)(=O)C[C@@H]1COC[C@H]1NC(=O)c1ccc(F)cc1F.